The zero-order valence-electron chi connectivity index (χ0n) is 11.6. The molecular formula is C14H17FO5S. The van der Waals surface area contributed by atoms with E-state index in [2.05, 4.69) is 0 Å². The number of benzene rings is 1. The average molecular weight is 316 g/mol. The van der Waals surface area contributed by atoms with E-state index < -0.39 is 21.6 Å². The highest BCUT2D eigenvalue weighted by atomic mass is 32.2. The van der Waals surface area contributed by atoms with Gasteiger partial charge in [-0.1, -0.05) is 6.92 Å². The average Bonchev–Trinajstić information content (AvgIpc) is 2.35. The van der Waals surface area contributed by atoms with Crippen LogP contribution in [0.2, 0.25) is 0 Å². The second-order valence-corrected chi connectivity index (χ2v) is 6.70. The number of sulfone groups is 1. The largest absolute Gasteiger partial charge is 0.492 e. The molecule has 0 saturated carbocycles. The smallest absolute Gasteiger partial charge is 0.328 e. The summed E-state index contributed by atoms with van der Waals surface area (Å²) in [5.74, 6) is -1.63. The number of carboxylic acid groups (broad SMARTS) is 1. The van der Waals surface area contributed by atoms with Crippen molar-refractivity contribution in [3.8, 4) is 5.75 Å². The van der Waals surface area contributed by atoms with E-state index in [9.17, 15) is 17.6 Å². The molecule has 0 fully saturated rings. The zero-order chi connectivity index (χ0) is 15.9. The molecule has 0 spiro atoms. The van der Waals surface area contributed by atoms with E-state index in [0.29, 0.717) is 12.0 Å². The number of hydrogen-bond donors (Lipinski definition) is 1. The Bertz CT molecular complexity index is 622. The highest BCUT2D eigenvalue weighted by Gasteiger charge is 2.09. The van der Waals surface area contributed by atoms with Crippen LogP contribution >= 0.6 is 0 Å². The van der Waals surface area contributed by atoms with Gasteiger partial charge in [-0.25, -0.2) is 17.6 Å². The molecule has 116 valence electrons. The Kier molecular flexibility index (Phi) is 6.36. The number of hydrogen-bond acceptors (Lipinski definition) is 4. The number of rotatable bonds is 8. The van der Waals surface area contributed by atoms with Crippen molar-refractivity contribution in [2.75, 3.05) is 18.1 Å². The minimum Gasteiger partial charge on any atom is -0.492 e. The van der Waals surface area contributed by atoms with Gasteiger partial charge in [-0.15, -0.1) is 0 Å². The van der Waals surface area contributed by atoms with E-state index in [0.717, 1.165) is 18.2 Å². The third kappa shape index (κ3) is 6.89. The molecule has 0 unspecified atom stereocenters. The first-order chi connectivity index (χ1) is 9.82. The molecule has 1 N–H and O–H groups in total. The normalized spacial score (nSPS) is 11.7. The molecule has 0 aliphatic carbocycles. The monoisotopic (exact) mass is 316 g/mol. The fraction of sp³-hybridized carbons (Fsp3) is 0.357. The quantitative estimate of drug-likeness (QED) is 0.743. The molecule has 5 nitrogen and oxygen atoms in total. The minimum absolute atomic E-state index is 0.0755. The number of aliphatic carboxylic acids is 1. The third-order valence-electron chi connectivity index (χ3n) is 2.49. The molecule has 0 amide bonds. The first kappa shape index (κ1) is 17.2. The Hall–Kier alpha value is -1.89. The van der Waals surface area contributed by atoms with Gasteiger partial charge in [0.1, 0.15) is 18.2 Å². The van der Waals surface area contributed by atoms with Crippen LogP contribution in [0.4, 0.5) is 4.39 Å². The van der Waals surface area contributed by atoms with Crippen LogP contribution in [-0.4, -0.2) is 37.6 Å². The van der Waals surface area contributed by atoms with Crippen LogP contribution < -0.4 is 4.74 Å². The summed E-state index contributed by atoms with van der Waals surface area (Å²) in [5, 5.41) is 8.52. The topological polar surface area (TPSA) is 80.7 Å². The molecule has 0 aromatic heterocycles. The summed E-state index contributed by atoms with van der Waals surface area (Å²) in [6.45, 7) is 1.69. The number of ether oxygens (including phenoxy) is 1. The van der Waals surface area contributed by atoms with E-state index in [1.54, 1.807) is 6.92 Å². The summed E-state index contributed by atoms with van der Waals surface area (Å²) in [6, 6.07) is 3.71. The van der Waals surface area contributed by atoms with Gasteiger partial charge in [0.25, 0.3) is 0 Å². The van der Waals surface area contributed by atoms with Crippen molar-refractivity contribution >= 4 is 21.9 Å². The van der Waals surface area contributed by atoms with E-state index in [1.807, 2.05) is 0 Å². The molecule has 7 heteroatoms. The Morgan fingerprint density at radius 2 is 2.05 bits per heavy atom. The SMILES string of the molecule is CCCS(=O)(=O)CCOc1cc(F)cc(/C=C/C(=O)O)c1. The summed E-state index contributed by atoms with van der Waals surface area (Å²) in [7, 11) is -3.15. The second-order valence-electron chi connectivity index (χ2n) is 4.39. The Morgan fingerprint density at radius 3 is 2.67 bits per heavy atom. The summed E-state index contributed by atoms with van der Waals surface area (Å²) in [5.41, 5.74) is 0.323. The van der Waals surface area contributed by atoms with Crippen molar-refractivity contribution in [2.24, 2.45) is 0 Å². The molecule has 21 heavy (non-hydrogen) atoms. The summed E-state index contributed by atoms with van der Waals surface area (Å²) in [4.78, 5) is 10.4. The van der Waals surface area contributed by atoms with Gasteiger partial charge < -0.3 is 9.84 Å². The van der Waals surface area contributed by atoms with Gasteiger partial charge in [0, 0.05) is 12.1 Å². The van der Waals surface area contributed by atoms with Crippen LogP contribution in [0.5, 0.6) is 5.75 Å². The number of halogens is 1. The van der Waals surface area contributed by atoms with Crippen LogP contribution in [0.25, 0.3) is 6.08 Å². The molecule has 0 aliphatic heterocycles. The van der Waals surface area contributed by atoms with E-state index in [-0.39, 0.29) is 23.9 Å². The highest BCUT2D eigenvalue weighted by molar-refractivity contribution is 7.91. The van der Waals surface area contributed by atoms with Crippen LogP contribution in [0, 0.1) is 5.82 Å². The summed E-state index contributed by atoms with van der Waals surface area (Å²) in [6.07, 6.45) is 2.64. The van der Waals surface area contributed by atoms with E-state index >= 15 is 0 Å². The van der Waals surface area contributed by atoms with Crippen molar-refractivity contribution in [3.63, 3.8) is 0 Å². The van der Waals surface area contributed by atoms with E-state index in [1.165, 1.54) is 12.1 Å². The number of carboxylic acids is 1. The summed E-state index contributed by atoms with van der Waals surface area (Å²) >= 11 is 0. The van der Waals surface area contributed by atoms with Crippen molar-refractivity contribution in [1.29, 1.82) is 0 Å². The van der Waals surface area contributed by atoms with Gasteiger partial charge in [0.2, 0.25) is 0 Å². The predicted octanol–water partition coefficient (Wildman–Crippen LogP) is 2.13. The fourth-order valence-corrected chi connectivity index (χ4v) is 2.79. The van der Waals surface area contributed by atoms with Gasteiger partial charge >= 0.3 is 5.97 Å². The van der Waals surface area contributed by atoms with Gasteiger partial charge in [-0.3, -0.25) is 0 Å². The predicted molar refractivity (Wildman–Crippen MR) is 77.5 cm³/mol. The van der Waals surface area contributed by atoms with Crippen molar-refractivity contribution in [3.05, 3.63) is 35.7 Å². The molecular weight excluding hydrogens is 299 g/mol. The molecule has 0 heterocycles. The second kappa shape index (κ2) is 7.78. The van der Waals surface area contributed by atoms with Gasteiger partial charge in [-0.2, -0.15) is 0 Å². The number of carbonyl (C=O) groups is 1. The van der Waals surface area contributed by atoms with Crippen molar-refractivity contribution in [2.45, 2.75) is 13.3 Å². The maximum Gasteiger partial charge on any atom is 0.328 e. The summed E-state index contributed by atoms with van der Waals surface area (Å²) < 4.78 is 41.6. The standard InChI is InChI=1S/C14H17FO5S/c1-2-6-21(18,19)7-5-20-13-9-11(3-4-14(16)17)8-12(15)10-13/h3-4,8-10H,2,5-7H2,1H3,(H,16,17)/b4-3+. The molecule has 0 bridgehead atoms. The highest BCUT2D eigenvalue weighted by Crippen LogP contribution is 2.17. The lowest BCUT2D eigenvalue weighted by atomic mass is 10.2. The van der Waals surface area contributed by atoms with Crippen LogP contribution in [0.1, 0.15) is 18.9 Å². The molecule has 0 atom stereocenters. The van der Waals surface area contributed by atoms with Gasteiger partial charge in [-0.05, 0) is 30.2 Å². The van der Waals surface area contributed by atoms with Crippen LogP contribution in [0.15, 0.2) is 24.3 Å². The molecule has 1 rings (SSSR count). The molecule has 0 aliphatic rings. The van der Waals surface area contributed by atoms with Gasteiger partial charge in [0.05, 0.1) is 11.5 Å². The maximum atomic E-state index is 13.4. The third-order valence-corrected chi connectivity index (χ3v) is 4.31. The maximum absolute atomic E-state index is 13.4. The van der Waals surface area contributed by atoms with Gasteiger partial charge in [0.15, 0.2) is 9.84 Å². The molecule has 1 aromatic rings. The zero-order valence-corrected chi connectivity index (χ0v) is 12.4. The lowest BCUT2D eigenvalue weighted by Gasteiger charge is -2.07. The Balaban J connectivity index is 2.69. The van der Waals surface area contributed by atoms with E-state index in [4.69, 9.17) is 9.84 Å². The van der Waals surface area contributed by atoms with Crippen molar-refractivity contribution < 1.29 is 27.4 Å². The molecule has 0 saturated heterocycles. The lowest BCUT2D eigenvalue weighted by molar-refractivity contribution is -0.131. The lowest BCUT2D eigenvalue weighted by Crippen LogP contribution is -2.16. The Labute approximate surface area is 123 Å². The first-order valence-electron chi connectivity index (χ1n) is 6.37. The molecule has 0 radical (unpaired) electrons. The van der Waals surface area contributed by atoms with Crippen LogP contribution in [-0.2, 0) is 14.6 Å². The van der Waals surface area contributed by atoms with Crippen LogP contribution in [0.3, 0.4) is 0 Å². The molecule has 1 aromatic carbocycles. The fourth-order valence-electron chi connectivity index (χ4n) is 1.63. The van der Waals surface area contributed by atoms with Crippen molar-refractivity contribution in [1.82, 2.24) is 0 Å². The first-order valence-corrected chi connectivity index (χ1v) is 8.19. The minimum atomic E-state index is -3.15. The Morgan fingerprint density at radius 1 is 1.33 bits per heavy atom.